The van der Waals surface area contributed by atoms with Gasteiger partial charge in [0.2, 0.25) is 0 Å². The fraction of sp³-hybridized carbons (Fsp3) is 0.235. The minimum atomic E-state index is -0.538. The molecule has 0 bridgehead atoms. The first-order valence-electron chi connectivity index (χ1n) is 7.13. The van der Waals surface area contributed by atoms with E-state index in [4.69, 9.17) is 9.47 Å². The van der Waals surface area contributed by atoms with Crippen LogP contribution in [-0.2, 0) is 22.6 Å². The van der Waals surface area contributed by atoms with Crippen molar-refractivity contribution in [3.63, 3.8) is 0 Å². The molecule has 0 heterocycles. The summed E-state index contributed by atoms with van der Waals surface area (Å²) in [7, 11) is 2.84. The van der Waals surface area contributed by atoms with Crippen molar-refractivity contribution in [3.05, 3.63) is 63.7 Å². The van der Waals surface area contributed by atoms with E-state index in [-0.39, 0.29) is 24.5 Å². The van der Waals surface area contributed by atoms with E-state index in [1.807, 2.05) is 12.1 Å². The molecule has 0 aromatic heterocycles. The van der Waals surface area contributed by atoms with Crippen molar-refractivity contribution in [2.24, 2.45) is 0 Å². The molecule has 0 saturated heterocycles. The second-order valence-corrected chi connectivity index (χ2v) is 4.95. The molecule has 0 aliphatic rings. The van der Waals surface area contributed by atoms with E-state index in [2.05, 4.69) is 4.74 Å². The van der Waals surface area contributed by atoms with Gasteiger partial charge < -0.3 is 14.2 Å². The summed E-state index contributed by atoms with van der Waals surface area (Å²) in [6.45, 7) is 0.182. The first-order valence-corrected chi connectivity index (χ1v) is 7.13. The number of benzene rings is 2. The molecule has 126 valence electrons. The number of esters is 1. The number of carbonyl (C=O) groups is 1. The SMILES string of the molecule is COC(=O)Cc1ccc(OCc2ccc(OC)cc2)c([N+](=O)[O-])c1. The molecule has 0 atom stereocenters. The van der Waals surface area contributed by atoms with Gasteiger partial charge in [0.1, 0.15) is 12.4 Å². The molecule has 2 rings (SSSR count). The van der Waals surface area contributed by atoms with E-state index in [9.17, 15) is 14.9 Å². The van der Waals surface area contributed by atoms with Gasteiger partial charge >= 0.3 is 11.7 Å². The Kier molecular flexibility index (Phi) is 5.73. The number of methoxy groups -OCH3 is 2. The van der Waals surface area contributed by atoms with Gasteiger partial charge in [-0.25, -0.2) is 0 Å². The second kappa shape index (κ2) is 7.96. The van der Waals surface area contributed by atoms with Crippen LogP contribution in [0.15, 0.2) is 42.5 Å². The summed E-state index contributed by atoms with van der Waals surface area (Å²) in [6, 6.07) is 11.6. The average Bonchev–Trinajstić information content (AvgIpc) is 2.60. The summed E-state index contributed by atoms with van der Waals surface area (Å²) in [5, 5.41) is 11.2. The molecule has 0 aliphatic carbocycles. The van der Waals surface area contributed by atoms with E-state index < -0.39 is 10.9 Å². The Morgan fingerprint density at radius 1 is 1.08 bits per heavy atom. The summed E-state index contributed by atoms with van der Waals surface area (Å²) in [5.74, 6) is 0.400. The molecule has 24 heavy (non-hydrogen) atoms. The Balaban J connectivity index is 2.13. The van der Waals surface area contributed by atoms with Crippen LogP contribution in [-0.4, -0.2) is 25.1 Å². The molecule has 0 spiro atoms. The van der Waals surface area contributed by atoms with Gasteiger partial charge in [-0.3, -0.25) is 14.9 Å². The Bertz CT molecular complexity index is 726. The first-order chi connectivity index (χ1) is 11.5. The second-order valence-electron chi connectivity index (χ2n) is 4.95. The summed E-state index contributed by atoms with van der Waals surface area (Å²) in [6.07, 6.45) is -0.0316. The molecule has 2 aromatic rings. The van der Waals surface area contributed by atoms with Crippen molar-refractivity contribution in [2.75, 3.05) is 14.2 Å². The van der Waals surface area contributed by atoms with Gasteiger partial charge in [-0.2, -0.15) is 0 Å². The van der Waals surface area contributed by atoms with Crippen LogP contribution >= 0.6 is 0 Å². The molecule has 0 fully saturated rings. The third-order valence-electron chi connectivity index (χ3n) is 3.35. The van der Waals surface area contributed by atoms with E-state index in [1.54, 1.807) is 25.3 Å². The Morgan fingerprint density at radius 3 is 2.33 bits per heavy atom. The average molecular weight is 331 g/mol. The van der Waals surface area contributed by atoms with Crippen LogP contribution in [0.25, 0.3) is 0 Å². The standard InChI is InChI=1S/C17H17NO6/c1-22-14-6-3-12(4-7-14)11-24-16-8-5-13(10-17(19)23-2)9-15(16)18(20)21/h3-9H,10-11H2,1-2H3. The third kappa shape index (κ3) is 4.45. The number of hydrogen-bond donors (Lipinski definition) is 0. The maximum absolute atomic E-state index is 11.3. The number of nitro benzene ring substituents is 1. The number of nitrogens with zero attached hydrogens (tertiary/aromatic N) is 1. The Morgan fingerprint density at radius 2 is 1.75 bits per heavy atom. The lowest BCUT2D eigenvalue weighted by molar-refractivity contribution is -0.386. The van der Waals surface area contributed by atoms with Crippen molar-refractivity contribution in [1.82, 2.24) is 0 Å². The van der Waals surface area contributed by atoms with Crippen molar-refractivity contribution in [3.8, 4) is 11.5 Å². The predicted octanol–water partition coefficient (Wildman–Crippen LogP) is 2.90. The van der Waals surface area contributed by atoms with Crippen molar-refractivity contribution >= 4 is 11.7 Å². The van der Waals surface area contributed by atoms with Gasteiger partial charge in [-0.05, 0) is 29.3 Å². The quantitative estimate of drug-likeness (QED) is 0.440. The highest BCUT2D eigenvalue weighted by molar-refractivity contribution is 5.73. The fourth-order valence-electron chi connectivity index (χ4n) is 2.06. The Hall–Kier alpha value is -3.09. The molecular formula is C17H17NO6. The largest absolute Gasteiger partial charge is 0.497 e. The van der Waals surface area contributed by atoms with Crippen LogP contribution in [0.1, 0.15) is 11.1 Å². The van der Waals surface area contributed by atoms with Gasteiger partial charge in [0.15, 0.2) is 5.75 Å². The first kappa shape index (κ1) is 17.3. The van der Waals surface area contributed by atoms with Gasteiger partial charge in [-0.1, -0.05) is 18.2 Å². The van der Waals surface area contributed by atoms with Crippen LogP contribution in [0.2, 0.25) is 0 Å². The zero-order chi connectivity index (χ0) is 17.5. The molecule has 0 unspecified atom stereocenters. The lowest BCUT2D eigenvalue weighted by atomic mass is 10.1. The number of hydrogen-bond acceptors (Lipinski definition) is 6. The number of ether oxygens (including phenoxy) is 3. The lowest BCUT2D eigenvalue weighted by Gasteiger charge is -2.09. The summed E-state index contributed by atoms with van der Waals surface area (Å²) in [4.78, 5) is 22.0. The molecule has 0 N–H and O–H groups in total. The molecule has 0 saturated carbocycles. The van der Waals surface area contributed by atoms with E-state index in [1.165, 1.54) is 19.2 Å². The van der Waals surface area contributed by atoms with Crippen LogP contribution < -0.4 is 9.47 Å². The summed E-state index contributed by atoms with van der Waals surface area (Å²) in [5.41, 5.74) is 1.15. The lowest BCUT2D eigenvalue weighted by Crippen LogP contribution is -2.05. The van der Waals surface area contributed by atoms with Gasteiger partial charge in [0.05, 0.1) is 25.6 Å². The molecule has 7 heteroatoms. The minimum Gasteiger partial charge on any atom is -0.497 e. The predicted molar refractivity (Wildman–Crippen MR) is 86.1 cm³/mol. The molecule has 0 radical (unpaired) electrons. The van der Waals surface area contributed by atoms with E-state index in [0.717, 1.165) is 11.3 Å². The molecule has 0 amide bonds. The highest BCUT2D eigenvalue weighted by atomic mass is 16.6. The van der Waals surface area contributed by atoms with E-state index >= 15 is 0 Å². The molecule has 0 aliphatic heterocycles. The number of nitro groups is 1. The fourth-order valence-corrected chi connectivity index (χ4v) is 2.06. The number of rotatable bonds is 7. The smallest absolute Gasteiger partial charge is 0.311 e. The van der Waals surface area contributed by atoms with Crippen LogP contribution in [0.5, 0.6) is 11.5 Å². The van der Waals surface area contributed by atoms with Gasteiger partial charge in [-0.15, -0.1) is 0 Å². The maximum Gasteiger partial charge on any atom is 0.311 e. The number of carbonyl (C=O) groups excluding carboxylic acids is 1. The molecule has 2 aromatic carbocycles. The third-order valence-corrected chi connectivity index (χ3v) is 3.35. The van der Waals surface area contributed by atoms with Crippen molar-refractivity contribution < 1.29 is 23.9 Å². The Labute approximate surface area is 138 Å². The highest BCUT2D eigenvalue weighted by Crippen LogP contribution is 2.29. The van der Waals surface area contributed by atoms with Crippen molar-refractivity contribution in [1.29, 1.82) is 0 Å². The molecule has 7 nitrogen and oxygen atoms in total. The zero-order valence-electron chi connectivity index (χ0n) is 13.4. The van der Waals surface area contributed by atoms with Crippen LogP contribution in [0.4, 0.5) is 5.69 Å². The summed E-state index contributed by atoms with van der Waals surface area (Å²) >= 11 is 0. The van der Waals surface area contributed by atoms with Gasteiger partial charge in [0.25, 0.3) is 0 Å². The van der Waals surface area contributed by atoms with E-state index in [0.29, 0.717) is 5.56 Å². The normalized spacial score (nSPS) is 10.1. The highest BCUT2D eigenvalue weighted by Gasteiger charge is 2.17. The van der Waals surface area contributed by atoms with Crippen LogP contribution in [0.3, 0.4) is 0 Å². The maximum atomic E-state index is 11.3. The monoisotopic (exact) mass is 331 g/mol. The minimum absolute atomic E-state index is 0.0316. The zero-order valence-corrected chi connectivity index (χ0v) is 13.4. The van der Waals surface area contributed by atoms with Crippen LogP contribution in [0, 0.1) is 10.1 Å². The van der Waals surface area contributed by atoms with Crippen molar-refractivity contribution in [2.45, 2.75) is 13.0 Å². The molecular weight excluding hydrogens is 314 g/mol. The topological polar surface area (TPSA) is 87.9 Å². The van der Waals surface area contributed by atoms with Gasteiger partial charge in [0, 0.05) is 6.07 Å². The summed E-state index contributed by atoms with van der Waals surface area (Å²) < 4.78 is 15.2.